The third-order valence-corrected chi connectivity index (χ3v) is 3.52. The molecule has 0 aromatic carbocycles. The van der Waals surface area contributed by atoms with Crippen LogP contribution >= 0.6 is 11.3 Å². The zero-order chi connectivity index (χ0) is 14.5. The van der Waals surface area contributed by atoms with Crippen LogP contribution in [0.3, 0.4) is 0 Å². The first-order valence-electron chi connectivity index (χ1n) is 6.13. The molecule has 1 N–H and O–H groups in total. The van der Waals surface area contributed by atoms with Gasteiger partial charge >= 0.3 is 0 Å². The molecule has 1 unspecified atom stereocenters. The number of carbonyl (C=O) groups excluding carboxylic acids is 1. The number of nitrogens with zero attached hydrogens (tertiary/aromatic N) is 5. The van der Waals surface area contributed by atoms with Crippen LogP contribution in [0.25, 0.3) is 0 Å². The Morgan fingerprint density at radius 3 is 2.95 bits per heavy atom. The lowest BCUT2D eigenvalue weighted by Crippen LogP contribution is -2.18. The summed E-state index contributed by atoms with van der Waals surface area (Å²) in [5.41, 5.74) is 0.180. The maximum Gasteiger partial charge on any atom is 0.273 e. The van der Waals surface area contributed by atoms with E-state index in [2.05, 4.69) is 25.8 Å². The lowest BCUT2D eigenvalue weighted by Gasteiger charge is -2.05. The summed E-state index contributed by atoms with van der Waals surface area (Å²) in [6.45, 7) is 1.94. The molecule has 1 amide bonds. The minimum Gasteiger partial charge on any atom is -0.354 e. The Labute approximate surface area is 119 Å². The van der Waals surface area contributed by atoms with Crippen LogP contribution in [0.2, 0.25) is 0 Å². The van der Waals surface area contributed by atoms with Crippen molar-refractivity contribution in [1.29, 1.82) is 0 Å². The van der Waals surface area contributed by atoms with E-state index in [4.69, 9.17) is 0 Å². The van der Waals surface area contributed by atoms with E-state index >= 15 is 0 Å². The minimum absolute atomic E-state index is 0.0712. The van der Waals surface area contributed by atoms with Crippen molar-refractivity contribution < 1.29 is 9.18 Å². The molecule has 2 rings (SSSR count). The first-order chi connectivity index (χ1) is 9.58. The Hall–Kier alpha value is -1.90. The summed E-state index contributed by atoms with van der Waals surface area (Å²) in [6.07, 6.45) is 1.24. The predicted molar refractivity (Wildman–Crippen MR) is 71.3 cm³/mol. The van der Waals surface area contributed by atoms with Crippen molar-refractivity contribution in [2.24, 2.45) is 0 Å². The van der Waals surface area contributed by atoms with Crippen LogP contribution in [0.15, 0.2) is 6.20 Å². The third kappa shape index (κ3) is 3.80. The monoisotopic (exact) mass is 298 g/mol. The first-order valence-corrected chi connectivity index (χ1v) is 6.95. The SMILES string of the molecule is CNC(=O)c1cn(CC(F)CCc2nnc(C)s2)nn1. The van der Waals surface area contributed by atoms with E-state index in [0.29, 0.717) is 12.8 Å². The van der Waals surface area contributed by atoms with Gasteiger partial charge in [0, 0.05) is 13.5 Å². The van der Waals surface area contributed by atoms with Crippen LogP contribution in [0.5, 0.6) is 0 Å². The van der Waals surface area contributed by atoms with Crippen LogP contribution in [0, 0.1) is 6.92 Å². The summed E-state index contributed by atoms with van der Waals surface area (Å²) in [5, 5.41) is 19.4. The van der Waals surface area contributed by atoms with Crippen molar-refractivity contribution >= 4 is 17.2 Å². The quantitative estimate of drug-likeness (QED) is 0.851. The topological polar surface area (TPSA) is 85.6 Å². The van der Waals surface area contributed by atoms with Gasteiger partial charge in [-0.25, -0.2) is 9.07 Å². The van der Waals surface area contributed by atoms with Gasteiger partial charge in [-0.15, -0.1) is 26.6 Å². The second-order valence-electron chi connectivity index (χ2n) is 4.26. The number of halogens is 1. The fraction of sp³-hybridized carbons (Fsp3) is 0.545. The van der Waals surface area contributed by atoms with Gasteiger partial charge in [-0.1, -0.05) is 5.21 Å². The van der Waals surface area contributed by atoms with Crippen molar-refractivity contribution in [2.45, 2.75) is 32.5 Å². The molecule has 0 fully saturated rings. The van der Waals surface area contributed by atoms with E-state index in [1.807, 2.05) is 6.92 Å². The average Bonchev–Trinajstić information content (AvgIpc) is 3.05. The predicted octanol–water partition coefficient (Wildman–Crippen LogP) is 0.769. The number of nitrogens with one attached hydrogen (secondary N) is 1. The number of hydrogen-bond acceptors (Lipinski definition) is 6. The first kappa shape index (κ1) is 14.5. The molecule has 9 heteroatoms. The fourth-order valence-corrected chi connectivity index (χ4v) is 2.36. The molecule has 108 valence electrons. The van der Waals surface area contributed by atoms with Gasteiger partial charge in [0.15, 0.2) is 5.69 Å². The van der Waals surface area contributed by atoms with E-state index in [0.717, 1.165) is 10.0 Å². The van der Waals surface area contributed by atoms with Crippen molar-refractivity contribution in [3.63, 3.8) is 0 Å². The van der Waals surface area contributed by atoms with Crippen LogP contribution in [0.1, 0.15) is 26.9 Å². The highest BCUT2D eigenvalue weighted by molar-refractivity contribution is 7.11. The molecule has 0 bridgehead atoms. The molecule has 0 radical (unpaired) electrons. The molecule has 0 aliphatic rings. The lowest BCUT2D eigenvalue weighted by molar-refractivity contribution is 0.0958. The number of aromatic nitrogens is 5. The van der Waals surface area contributed by atoms with Gasteiger partial charge in [0.1, 0.15) is 16.2 Å². The Morgan fingerprint density at radius 1 is 1.50 bits per heavy atom. The molecule has 2 aromatic rings. The highest BCUT2D eigenvalue weighted by Gasteiger charge is 2.13. The summed E-state index contributed by atoms with van der Waals surface area (Å²) in [4.78, 5) is 11.3. The molecule has 0 saturated heterocycles. The summed E-state index contributed by atoms with van der Waals surface area (Å²) >= 11 is 1.47. The second kappa shape index (κ2) is 6.51. The Morgan fingerprint density at radius 2 is 2.30 bits per heavy atom. The Balaban J connectivity index is 1.83. The van der Waals surface area contributed by atoms with Crippen LogP contribution in [-0.2, 0) is 13.0 Å². The molecule has 0 saturated carbocycles. The molecule has 2 heterocycles. The number of aryl methyl sites for hydroxylation is 2. The standard InChI is InChI=1S/C11H15FN6OS/c1-7-14-16-10(20-7)4-3-8(12)5-18-6-9(15-17-18)11(19)13-2/h6,8H,3-5H2,1-2H3,(H,13,19). The zero-order valence-corrected chi connectivity index (χ0v) is 12.0. The second-order valence-corrected chi connectivity index (χ2v) is 5.52. The van der Waals surface area contributed by atoms with Gasteiger partial charge in [0.25, 0.3) is 5.91 Å². The number of alkyl halides is 1. The molecule has 2 aromatic heterocycles. The van der Waals surface area contributed by atoms with Gasteiger partial charge < -0.3 is 5.32 Å². The molecule has 1 atom stereocenters. The number of hydrogen-bond donors (Lipinski definition) is 1. The van der Waals surface area contributed by atoms with Gasteiger partial charge in [-0.3, -0.25) is 4.79 Å². The van der Waals surface area contributed by atoms with Crippen molar-refractivity contribution in [2.75, 3.05) is 7.05 Å². The Bertz CT molecular complexity index is 583. The summed E-state index contributed by atoms with van der Waals surface area (Å²) < 4.78 is 15.2. The van der Waals surface area contributed by atoms with Crippen LogP contribution in [0.4, 0.5) is 4.39 Å². The minimum atomic E-state index is -1.07. The molecule has 20 heavy (non-hydrogen) atoms. The normalized spacial score (nSPS) is 12.3. The maximum atomic E-state index is 13.8. The van der Waals surface area contributed by atoms with Gasteiger partial charge in [-0.2, -0.15) is 0 Å². The van der Waals surface area contributed by atoms with Gasteiger partial charge in [0.2, 0.25) is 0 Å². The molecule has 7 nitrogen and oxygen atoms in total. The maximum absolute atomic E-state index is 13.8. The van der Waals surface area contributed by atoms with Gasteiger partial charge in [-0.05, 0) is 13.3 Å². The summed E-state index contributed by atoms with van der Waals surface area (Å²) in [5.74, 6) is -0.337. The molecular formula is C11H15FN6OS. The highest BCUT2D eigenvalue weighted by atomic mass is 32.1. The van der Waals surface area contributed by atoms with Gasteiger partial charge in [0.05, 0.1) is 12.7 Å². The van der Waals surface area contributed by atoms with E-state index in [9.17, 15) is 9.18 Å². The highest BCUT2D eigenvalue weighted by Crippen LogP contribution is 2.13. The molecule has 0 aliphatic carbocycles. The fourth-order valence-electron chi connectivity index (χ4n) is 1.63. The van der Waals surface area contributed by atoms with E-state index in [-0.39, 0.29) is 18.1 Å². The van der Waals surface area contributed by atoms with Crippen LogP contribution < -0.4 is 5.32 Å². The lowest BCUT2D eigenvalue weighted by atomic mass is 10.2. The molecule has 0 spiro atoms. The number of rotatable bonds is 6. The Kier molecular flexibility index (Phi) is 4.72. The van der Waals surface area contributed by atoms with E-state index < -0.39 is 6.17 Å². The van der Waals surface area contributed by atoms with Crippen LogP contribution in [-0.4, -0.2) is 44.3 Å². The summed E-state index contributed by atoms with van der Waals surface area (Å²) in [6, 6.07) is 0. The zero-order valence-electron chi connectivity index (χ0n) is 11.2. The smallest absolute Gasteiger partial charge is 0.273 e. The third-order valence-electron chi connectivity index (χ3n) is 2.62. The van der Waals surface area contributed by atoms with Crippen molar-refractivity contribution in [3.8, 4) is 0 Å². The molecular weight excluding hydrogens is 283 g/mol. The largest absolute Gasteiger partial charge is 0.354 e. The van der Waals surface area contributed by atoms with Crippen molar-refractivity contribution in [1.82, 2.24) is 30.5 Å². The van der Waals surface area contributed by atoms with E-state index in [1.165, 1.54) is 29.3 Å². The number of amides is 1. The number of carbonyl (C=O) groups is 1. The average molecular weight is 298 g/mol. The molecule has 0 aliphatic heterocycles. The summed E-state index contributed by atoms with van der Waals surface area (Å²) in [7, 11) is 1.50. The van der Waals surface area contributed by atoms with E-state index in [1.54, 1.807) is 0 Å². The van der Waals surface area contributed by atoms with Crippen molar-refractivity contribution in [3.05, 3.63) is 21.9 Å².